The van der Waals surface area contributed by atoms with Gasteiger partial charge in [0, 0.05) is 34.6 Å². The van der Waals surface area contributed by atoms with E-state index in [1.165, 1.54) is 26.3 Å². The van der Waals surface area contributed by atoms with Crippen LogP contribution in [0.3, 0.4) is 0 Å². The van der Waals surface area contributed by atoms with Crippen molar-refractivity contribution in [3.05, 3.63) is 71.3 Å². The summed E-state index contributed by atoms with van der Waals surface area (Å²) in [6.45, 7) is 0.557. The summed E-state index contributed by atoms with van der Waals surface area (Å²) in [5.74, 6) is -4.40. The van der Waals surface area contributed by atoms with E-state index < -0.39 is 47.5 Å². The van der Waals surface area contributed by atoms with Crippen molar-refractivity contribution in [2.45, 2.75) is 13.1 Å². The summed E-state index contributed by atoms with van der Waals surface area (Å²) in [4.78, 5) is 33.7. The van der Waals surface area contributed by atoms with Gasteiger partial charge in [-0.1, -0.05) is 0 Å². The average molecular weight is 495 g/mol. The lowest BCUT2D eigenvalue weighted by Gasteiger charge is -2.25. The Morgan fingerprint density at radius 2 is 1.71 bits per heavy atom. The van der Waals surface area contributed by atoms with Gasteiger partial charge in [-0.3, -0.25) is 19.5 Å². The number of methoxy groups -OCH3 is 2. The third-order valence-electron chi connectivity index (χ3n) is 4.87. The Morgan fingerprint density at radius 3 is 2.34 bits per heavy atom. The molecule has 0 aliphatic carbocycles. The standard InChI is InChI=1S/C23H18F5N3O4/c1-12-6-13(7-20(30-12)23(26,27)28)22(33)31(11-21(32)35-3)18-10-29-5-4-14(18)15-8-16(24)17(25)9-19(15)34-2/h4-10H,11H2,1-3H3. The molecule has 0 N–H and O–H groups in total. The zero-order valence-electron chi connectivity index (χ0n) is 18.6. The molecule has 3 aromatic rings. The summed E-state index contributed by atoms with van der Waals surface area (Å²) in [7, 11) is 2.28. The number of ether oxygens (including phenoxy) is 2. The normalized spacial score (nSPS) is 11.2. The van der Waals surface area contributed by atoms with Gasteiger partial charge in [-0.2, -0.15) is 13.2 Å². The summed E-state index contributed by atoms with van der Waals surface area (Å²) in [6, 6.07) is 4.64. The van der Waals surface area contributed by atoms with Crippen molar-refractivity contribution < 1.29 is 41.0 Å². The molecule has 0 bridgehead atoms. The number of hydrogen-bond donors (Lipinski definition) is 0. The second-order valence-electron chi connectivity index (χ2n) is 7.21. The smallest absolute Gasteiger partial charge is 0.433 e. The molecule has 2 heterocycles. The quantitative estimate of drug-likeness (QED) is 0.368. The topological polar surface area (TPSA) is 81.6 Å². The van der Waals surface area contributed by atoms with Crippen molar-refractivity contribution in [3.63, 3.8) is 0 Å². The molecule has 0 fully saturated rings. The fourth-order valence-corrected chi connectivity index (χ4v) is 3.29. The highest BCUT2D eigenvalue weighted by molar-refractivity contribution is 6.10. The monoisotopic (exact) mass is 495 g/mol. The number of aromatic nitrogens is 2. The molecule has 0 spiro atoms. The summed E-state index contributed by atoms with van der Waals surface area (Å²) in [5.41, 5.74) is -1.79. The maximum absolute atomic E-state index is 14.1. The molecule has 3 rings (SSSR count). The first-order chi connectivity index (χ1) is 16.5. The van der Waals surface area contributed by atoms with Gasteiger partial charge in [0.15, 0.2) is 11.6 Å². The second kappa shape index (κ2) is 10.0. The predicted molar refractivity (Wildman–Crippen MR) is 114 cm³/mol. The van der Waals surface area contributed by atoms with E-state index in [1.807, 2.05) is 0 Å². The number of aryl methyl sites for hydroxylation is 1. The fourth-order valence-electron chi connectivity index (χ4n) is 3.29. The van der Waals surface area contributed by atoms with Crippen LogP contribution in [0.25, 0.3) is 11.1 Å². The molecule has 7 nitrogen and oxygen atoms in total. The molecule has 1 amide bonds. The van der Waals surface area contributed by atoms with Gasteiger partial charge in [0.1, 0.15) is 18.0 Å². The van der Waals surface area contributed by atoms with E-state index in [-0.39, 0.29) is 28.3 Å². The zero-order valence-corrected chi connectivity index (χ0v) is 18.6. The number of amides is 1. The predicted octanol–water partition coefficient (Wildman–Crippen LogP) is 4.58. The van der Waals surface area contributed by atoms with E-state index in [1.54, 1.807) is 0 Å². The molecule has 12 heteroatoms. The number of esters is 1. The van der Waals surface area contributed by atoms with Crippen LogP contribution in [0, 0.1) is 18.6 Å². The number of pyridine rings is 2. The van der Waals surface area contributed by atoms with Gasteiger partial charge in [-0.15, -0.1) is 0 Å². The van der Waals surface area contributed by atoms with E-state index in [2.05, 4.69) is 14.7 Å². The van der Waals surface area contributed by atoms with E-state index in [9.17, 15) is 31.5 Å². The van der Waals surface area contributed by atoms with Gasteiger partial charge >= 0.3 is 12.1 Å². The molecule has 0 radical (unpaired) electrons. The third-order valence-corrected chi connectivity index (χ3v) is 4.87. The number of nitrogens with zero attached hydrogens (tertiary/aromatic N) is 3. The Labute approximate surface area is 196 Å². The van der Waals surface area contributed by atoms with Gasteiger partial charge in [0.25, 0.3) is 5.91 Å². The Bertz CT molecular complexity index is 1280. The number of carbonyl (C=O) groups is 2. The molecule has 0 aliphatic heterocycles. The van der Waals surface area contributed by atoms with Crippen molar-refractivity contribution in [3.8, 4) is 16.9 Å². The summed E-state index contributed by atoms with van der Waals surface area (Å²) in [6.07, 6.45) is -2.39. The molecular weight excluding hydrogens is 477 g/mol. The molecule has 0 saturated heterocycles. The Morgan fingerprint density at radius 1 is 1.03 bits per heavy atom. The van der Waals surface area contributed by atoms with Crippen LogP contribution in [0.15, 0.2) is 42.7 Å². The minimum Gasteiger partial charge on any atom is -0.496 e. The van der Waals surface area contributed by atoms with Crippen LogP contribution in [0.2, 0.25) is 0 Å². The van der Waals surface area contributed by atoms with Crippen LogP contribution in [-0.4, -0.2) is 42.6 Å². The van der Waals surface area contributed by atoms with Gasteiger partial charge in [0.05, 0.1) is 26.1 Å². The summed E-state index contributed by atoms with van der Waals surface area (Å²) >= 11 is 0. The van der Waals surface area contributed by atoms with Gasteiger partial charge in [0.2, 0.25) is 0 Å². The van der Waals surface area contributed by atoms with Crippen molar-refractivity contribution >= 4 is 17.6 Å². The number of hydrogen-bond acceptors (Lipinski definition) is 6. The maximum Gasteiger partial charge on any atom is 0.433 e. The first-order valence-corrected chi connectivity index (χ1v) is 9.88. The Balaban J connectivity index is 2.22. The molecule has 2 aromatic heterocycles. The van der Waals surface area contributed by atoms with Crippen molar-refractivity contribution in [1.29, 1.82) is 0 Å². The number of halogens is 5. The maximum atomic E-state index is 14.1. The number of alkyl halides is 3. The summed E-state index contributed by atoms with van der Waals surface area (Å²) < 4.78 is 77.5. The third kappa shape index (κ3) is 5.53. The second-order valence-corrected chi connectivity index (χ2v) is 7.21. The van der Waals surface area contributed by atoms with Crippen LogP contribution in [0.4, 0.5) is 27.6 Å². The zero-order chi connectivity index (χ0) is 25.9. The molecule has 184 valence electrons. The van der Waals surface area contributed by atoms with Crippen LogP contribution >= 0.6 is 0 Å². The largest absolute Gasteiger partial charge is 0.496 e. The van der Waals surface area contributed by atoms with Crippen LogP contribution < -0.4 is 9.64 Å². The van der Waals surface area contributed by atoms with Crippen molar-refractivity contribution in [2.75, 3.05) is 25.7 Å². The van der Waals surface area contributed by atoms with E-state index in [0.717, 1.165) is 36.4 Å². The number of anilines is 1. The molecular formula is C23H18F5N3O4. The lowest BCUT2D eigenvalue weighted by Crippen LogP contribution is -2.37. The molecule has 0 aliphatic rings. The van der Waals surface area contributed by atoms with Crippen LogP contribution in [0.5, 0.6) is 5.75 Å². The van der Waals surface area contributed by atoms with Gasteiger partial charge in [-0.05, 0) is 31.2 Å². The Kier molecular flexibility index (Phi) is 7.32. The first kappa shape index (κ1) is 25.5. The molecule has 0 saturated carbocycles. The lowest BCUT2D eigenvalue weighted by atomic mass is 10.0. The molecule has 0 atom stereocenters. The highest BCUT2D eigenvalue weighted by Gasteiger charge is 2.34. The van der Waals surface area contributed by atoms with Gasteiger partial charge < -0.3 is 9.47 Å². The van der Waals surface area contributed by atoms with Crippen molar-refractivity contribution in [1.82, 2.24) is 9.97 Å². The SMILES string of the molecule is COC(=O)CN(C(=O)c1cc(C)nc(C(F)(F)F)c1)c1cnccc1-c1cc(F)c(F)cc1OC. The van der Waals surface area contributed by atoms with E-state index in [0.29, 0.717) is 6.07 Å². The first-order valence-electron chi connectivity index (χ1n) is 9.88. The van der Waals surface area contributed by atoms with Crippen molar-refractivity contribution in [2.24, 2.45) is 0 Å². The molecule has 0 unspecified atom stereocenters. The lowest BCUT2D eigenvalue weighted by molar-refractivity contribution is -0.141. The molecule has 35 heavy (non-hydrogen) atoms. The van der Waals surface area contributed by atoms with Crippen LogP contribution in [0.1, 0.15) is 21.7 Å². The molecule has 1 aromatic carbocycles. The van der Waals surface area contributed by atoms with E-state index >= 15 is 0 Å². The minimum absolute atomic E-state index is 0.00774. The number of rotatable bonds is 6. The number of carbonyl (C=O) groups excluding carboxylic acids is 2. The van der Waals surface area contributed by atoms with Crippen LogP contribution in [-0.2, 0) is 15.7 Å². The number of benzene rings is 1. The van der Waals surface area contributed by atoms with E-state index in [4.69, 9.17) is 4.74 Å². The fraction of sp³-hybridized carbons (Fsp3) is 0.217. The average Bonchev–Trinajstić information content (AvgIpc) is 2.82. The highest BCUT2D eigenvalue weighted by atomic mass is 19.4. The van der Waals surface area contributed by atoms with Gasteiger partial charge in [-0.25, -0.2) is 13.8 Å². The minimum atomic E-state index is -4.83. The Hall–Kier alpha value is -4.09. The summed E-state index contributed by atoms with van der Waals surface area (Å²) in [5, 5.41) is 0. The highest BCUT2D eigenvalue weighted by Crippen LogP contribution is 2.38.